The molecule has 31 heavy (non-hydrogen) atoms. The summed E-state index contributed by atoms with van der Waals surface area (Å²) in [6.45, 7) is 4.04. The van der Waals surface area contributed by atoms with Crippen molar-refractivity contribution in [2.75, 3.05) is 18.0 Å². The van der Waals surface area contributed by atoms with E-state index >= 15 is 0 Å². The maximum absolute atomic E-state index is 12.0. The second-order valence-electron chi connectivity index (χ2n) is 9.27. The highest BCUT2D eigenvalue weighted by Gasteiger charge is 2.33. The number of aromatic nitrogens is 2. The maximum Gasteiger partial charge on any atom is 0.412 e. The summed E-state index contributed by atoms with van der Waals surface area (Å²) in [5.41, 5.74) is 3.69. The van der Waals surface area contributed by atoms with Gasteiger partial charge in [0.15, 0.2) is 0 Å². The van der Waals surface area contributed by atoms with Gasteiger partial charge in [-0.3, -0.25) is 4.90 Å². The van der Waals surface area contributed by atoms with E-state index in [-0.39, 0.29) is 12.1 Å². The fourth-order valence-corrected chi connectivity index (χ4v) is 5.16. The van der Waals surface area contributed by atoms with Crippen LogP contribution in [0.1, 0.15) is 62.8 Å². The number of hydrogen-bond donors (Lipinski definition) is 2. The lowest BCUT2D eigenvalue weighted by Crippen LogP contribution is -2.41. The van der Waals surface area contributed by atoms with E-state index in [0.29, 0.717) is 5.92 Å². The van der Waals surface area contributed by atoms with E-state index in [2.05, 4.69) is 23.1 Å². The predicted molar refractivity (Wildman–Crippen MR) is 120 cm³/mol. The van der Waals surface area contributed by atoms with Gasteiger partial charge in [0.1, 0.15) is 11.6 Å². The Hall–Kier alpha value is -2.54. The first-order chi connectivity index (χ1) is 15.0. The Morgan fingerprint density at radius 2 is 1.97 bits per heavy atom. The lowest BCUT2D eigenvalue weighted by atomic mass is 9.92. The Balaban J connectivity index is 1.58. The maximum atomic E-state index is 12.0. The zero-order valence-corrected chi connectivity index (χ0v) is 18.4. The fraction of sp³-hybridized carbons (Fsp3) is 0.583. The lowest BCUT2D eigenvalue weighted by Gasteiger charge is -2.36. The van der Waals surface area contributed by atoms with Crippen molar-refractivity contribution in [3.8, 4) is 17.0 Å². The molecule has 0 bridgehead atoms. The number of imidazole rings is 1. The molecule has 1 aromatic heterocycles. The van der Waals surface area contributed by atoms with Crippen LogP contribution in [0.25, 0.3) is 11.3 Å². The van der Waals surface area contributed by atoms with Crippen molar-refractivity contribution in [3.05, 3.63) is 29.7 Å². The first-order valence-corrected chi connectivity index (χ1v) is 11.6. The van der Waals surface area contributed by atoms with Crippen LogP contribution in [-0.4, -0.2) is 46.0 Å². The average Bonchev–Trinajstić information content (AvgIpc) is 3.12. The number of carboxylic acid groups (broad SMARTS) is 1. The zero-order chi connectivity index (χ0) is 21.5. The Kier molecular flexibility index (Phi) is 5.38. The Morgan fingerprint density at radius 3 is 2.65 bits per heavy atom. The van der Waals surface area contributed by atoms with Gasteiger partial charge in [0.2, 0.25) is 0 Å². The molecule has 0 spiro atoms. The second kappa shape index (κ2) is 8.19. The van der Waals surface area contributed by atoms with Crippen LogP contribution in [0, 0.1) is 0 Å². The molecule has 166 valence electrons. The highest BCUT2D eigenvalue weighted by atomic mass is 16.5. The molecule has 2 aromatic rings. The van der Waals surface area contributed by atoms with Crippen LogP contribution < -0.4 is 15.0 Å². The van der Waals surface area contributed by atoms with E-state index in [1.54, 1.807) is 0 Å². The van der Waals surface area contributed by atoms with Gasteiger partial charge in [-0.2, -0.15) is 0 Å². The number of ether oxygens (including phenoxy) is 1. The molecule has 1 atom stereocenters. The van der Waals surface area contributed by atoms with Gasteiger partial charge in [-0.25, -0.2) is 9.78 Å². The number of amides is 1. The summed E-state index contributed by atoms with van der Waals surface area (Å²) in [6, 6.07) is 3.92. The predicted octanol–water partition coefficient (Wildman–Crippen LogP) is 4.30. The van der Waals surface area contributed by atoms with Gasteiger partial charge in [-0.05, 0) is 77.1 Å². The van der Waals surface area contributed by atoms with Crippen molar-refractivity contribution in [2.45, 2.75) is 69.9 Å². The number of anilines is 1. The van der Waals surface area contributed by atoms with Gasteiger partial charge in [-0.1, -0.05) is 0 Å². The number of carbonyl (C=O) groups is 1. The molecule has 3 heterocycles. The lowest BCUT2D eigenvalue weighted by molar-refractivity contribution is 0.119. The molecule has 1 saturated heterocycles. The van der Waals surface area contributed by atoms with Gasteiger partial charge in [0.05, 0.1) is 17.5 Å². The van der Waals surface area contributed by atoms with E-state index in [1.807, 2.05) is 19.1 Å². The molecule has 1 aliphatic carbocycles. The van der Waals surface area contributed by atoms with Crippen molar-refractivity contribution < 1.29 is 14.6 Å². The summed E-state index contributed by atoms with van der Waals surface area (Å²) >= 11 is 0. The summed E-state index contributed by atoms with van der Waals surface area (Å²) < 4.78 is 8.67. The third-order valence-corrected chi connectivity index (χ3v) is 7.18. The van der Waals surface area contributed by atoms with E-state index in [0.717, 1.165) is 85.7 Å². The van der Waals surface area contributed by atoms with E-state index in [4.69, 9.17) is 9.72 Å². The number of nitrogens with zero attached hydrogens (tertiary/aromatic N) is 3. The summed E-state index contributed by atoms with van der Waals surface area (Å²) in [5.74, 6) is 2.44. The van der Waals surface area contributed by atoms with Crippen LogP contribution in [0.5, 0.6) is 5.75 Å². The molecule has 7 heteroatoms. The minimum absolute atomic E-state index is 0.0335. The number of nitrogens with one attached hydrogen (secondary N) is 1. The highest BCUT2D eigenvalue weighted by Crippen LogP contribution is 2.44. The highest BCUT2D eigenvalue weighted by molar-refractivity contribution is 5.91. The van der Waals surface area contributed by atoms with Crippen LogP contribution in [0.4, 0.5) is 10.5 Å². The van der Waals surface area contributed by atoms with Crippen LogP contribution in [0.3, 0.4) is 0 Å². The minimum atomic E-state index is -0.901. The van der Waals surface area contributed by atoms with Crippen molar-refractivity contribution in [3.63, 3.8) is 0 Å². The average molecular weight is 425 g/mol. The minimum Gasteiger partial charge on any atom is -0.489 e. The summed E-state index contributed by atoms with van der Waals surface area (Å²) in [4.78, 5) is 18.5. The molecule has 5 rings (SSSR count). The number of benzene rings is 1. The second-order valence-corrected chi connectivity index (χ2v) is 9.27. The molecule has 2 aliphatic heterocycles. The van der Waals surface area contributed by atoms with Crippen molar-refractivity contribution in [1.82, 2.24) is 14.9 Å². The number of hydrogen-bond acceptors (Lipinski definition) is 4. The van der Waals surface area contributed by atoms with E-state index in [9.17, 15) is 9.90 Å². The Bertz CT molecular complexity index is 975. The number of rotatable bonds is 4. The SMILES string of the molecule is CC1CCc2c(ccc(-c3cn(C)c(C4CCNCC4)n3)c2OC2CCC2)N1C(=O)O. The van der Waals surface area contributed by atoms with Gasteiger partial charge in [0.25, 0.3) is 0 Å². The first kappa shape index (κ1) is 20.4. The van der Waals surface area contributed by atoms with Gasteiger partial charge in [-0.15, -0.1) is 0 Å². The Morgan fingerprint density at radius 1 is 1.19 bits per heavy atom. The summed E-state index contributed by atoms with van der Waals surface area (Å²) in [7, 11) is 2.08. The van der Waals surface area contributed by atoms with Crippen molar-refractivity contribution in [1.29, 1.82) is 0 Å². The molecular weight excluding hydrogens is 392 g/mol. The van der Waals surface area contributed by atoms with Gasteiger partial charge < -0.3 is 19.7 Å². The normalized spacial score (nSPS) is 22.1. The molecular formula is C24H32N4O3. The third kappa shape index (κ3) is 3.69. The Labute approximate surface area is 183 Å². The molecule has 1 aromatic carbocycles. The fourth-order valence-electron chi connectivity index (χ4n) is 5.16. The third-order valence-electron chi connectivity index (χ3n) is 7.18. The monoisotopic (exact) mass is 424 g/mol. The molecule has 1 amide bonds. The first-order valence-electron chi connectivity index (χ1n) is 11.6. The van der Waals surface area contributed by atoms with E-state index < -0.39 is 6.09 Å². The van der Waals surface area contributed by atoms with Crippen LogP contribution in [-0.2, 0) is 13.5 Å². The number of aryl methyl sites for hydroxylation is 1. The largest absolute Gasteiger partial charge is 0.489 e. The summed E-state index contributed by atoms with van der Waals surface area (Å²) in [6.07, 6.45) is 8.56. The molecule has 2 N–H and O–H groups in total. The topological polar surface area (TPSA) is 79.6 Å². The zero-order valence-electron chi connectivity index (χ0n) is 18.4. The van der Waals surface area contributed by atoms with Crippen LogP contribution in [0.2, 0.25) is 0 Å². The van der Waals surface area contributed by atoms with Crippen molar-refractivity contribution in [2.24, 2.45) is 7.05 Å². The molecule has 7 nitrogen and oxygen atoms in total. The molecule has 1 unspecified atom stereocenters. The standard InChI is InChI=1S/C24H32N4O3/c1-15-6-7-19-21(28(15)24(29)30)9-8-18(22(19)31-17-4-3-5-17)20-14-27(2)23(26-20)16-10-12-25-13-11-16/h8-9,14-17,25H,3-7,10-13H2,1-2H3,(H,29,30). The van der Waals surface area contributed by atoms with Crippen LogP contribution in [0.15, 0.2) is 18.3 Å². The van der Waals surface area contributed by atoms with Crippen molar-refractivity contribution >= 4 is 11.8 Å². The van der Waals surface area contributed by atoms with Crippen LogP contribution >= 0.6 is 0 Å². The quantitative estimate of drug-likeness (QED) is 0.765. The molecule has 1 saturated carbocycles. The smallest absolute Gasteiger partial charge is 0.412 e. The number of piperidine rings is 1. The molecule has 3 aliphatic rings. The summed E-state index contributed by atoms with van der Waals surface area (Å²) in [5, 5.41) is 13.2. The molecule has 0 radical (unpaired) electrons. The van der Waals surface area contributed by atoms with Gasteiger partial charge >= 0.3 is 6.09 Å². The van der Waals surface area contributed by atoms with Gasteiger partial charge in [0, 0.05) is 36.3 Å². The number of fused-ring (bicyclic) bond motifs is 1. The van der Waals surface area contributed by atoms with E-state index in [1.165, 1.54) is 11.3 Å². The molecule has 2 fully saturated rings.